The van der Waals surface area contributed by atoms with Gasteiger partial charge in [0.05, 0.1) is 11.2 Å². The molecular weight excluding hydrogens is 300 g/mol. The molecule has 2 N–H and O–H groups in total. The molecule has 0 saturated carbocycles. The van der Waals surface area contributed by atoms with Crippen molar-refractivity contribution >= 4 is 5.91 Å². The van der Waals surface area contributed by atoms with Crippen LogP contribution in [0.15, 0.2) is 24.4 Å². The number of rotatable bonds is 4. The summed E-state index contributed by atoms with van der Waals surface area (Å²) in [5, 5.41) is 6.73. The third-order valence-corrected chi connectivity index (χ3v) is 5.54. The van der Waals surface area contributed by atoms with E-state index in [9.17, 15) is 4.79 Å². The van der Waals surface area contributed by atoms with Crippen molar-refractivity contribution in [2.24, 2.45) is 5.92 Å². The second kappa shape index (κ2) is 7.62. The van der Waals surface area contributed by atoms with Crippen LogP contribution in [0, 0.1) is 5.92 Å². The van der Waals surface area contributed by atoms with Crippen molar-refractivity contribution in [3.8, 4) is 0 Å². The first-order chi connectivity index (χ1) is 11.6. The fraction of sp³-hybridized carbons (Fsp3) is 0.684. The maximum absolute atomic E-state index is 12.7. The zero-order valence-electron chi connectivity index (χ0n) is 14.9. The number of aromatic nitrogens is 1. The normalized spacial score (nSPS) is 31.6. The van der Waals surface area contributed by atoms with Crippen LogP contribution >= 0.6 is 0 Å². The largest absolute Gasteiger partial charge is 0.351 e. The summed E-state index contributed by atoms with van der Waals surface area (Å²) in [6, 6.07) is 6.34. The molecule has 0 spiro atoms. The Hall–Kier alpha value is -1.46. The Kier molecular flexibility index (Phi) is 5.51. The molecule has 1 aromatic rings. The van der Waals surface area contributed by atoms with Crippen molar-refractivity contribution in [1.29, 1.82) is 0 Å². The Morgan fingerprint density at radius 3 is 3.00 bits per heavy atom. The smallest absolute Gasteiger partial charge is 0.240 e. The predicted octanol–water partition coefficient (Wildman–Crippen LogP) is 1.94. The zero-order valence-corrected chi connectivity index (χ0v) is 14.9. The first kappa shape index (κ1) is 17.4. The summed E-state index contributed by atoms with van der Waals surface area (Å²) >= 11 is 0. The Morgan fingerprint density at radius 1 is 1.46 bits per heavy atom. The van der Waals surface area contributed by atoms with Crippen LogP contribution in [0.3, 0.4) is 0 Å². The van der Waals surface area contributed by atoms with Crippen molar-refractivity contribution in [2.45, 2.75) is 57.7 Å². The maximum atomic E-state index is 12.7. The van der Waals surface area contributed by atoms with Crippen LogP contribution in [0.5, 0.6) is 0 Å². The van der Waals surface area contributed by atoms with Gasteiger partial charge in [0.2, 0.25) is 5.91 Å². The molecule has 3 rings (SSSR count). The molecule has 3 heterocycles. The van der Waals surface area contributed by atoms with Gasteiger partial charge in [-0.3, -0.25) is 14.7 Å². The molecular formula is C19H30N4O. The Morgan fingerprint density at radius 2 is 2.33 bits per heavy atom. The molecule has 24 heavy (non-hydrogen) atoms. The molecule has 2 aliphatic rings. The number of amides is 1. The van der Waals surface area contributed by atoms with E-state index in [-0.39, 0.29) is 17.5 Å². The molecule has 0 radical (unpaired) electrons. The summed E-state index contributed by atoms with van der Waals surface area (Å²) < 4.78 is 0. The van der Waals surface area contributed by atoms with E-state index >= 15 is 0 Å². The summed E-state index contributed by atoms with van der Waals surface area (Å²) in [5.74, 6) is 0.635. The van der Waals surface area contributed by atoms with Crippen LogP contribution in [-0.4, -0.2) is 47.0 Å². The van der Waals surface area contributed by atoms with Crippen molar-refractivity contribution < 1.29 is 4.79 Å². The second-order valence-corrected chi connectivity index (χ2v) is 7.62. The molecule has 1 aromatic heterocycles. The fourth-order valence-electron chi connectivity index (χ4n) is 3.89. The van der Waals surface area contributed by atoms with Crippen LogP contribution < -0.4 is 10.6 Å². The van der Waals surface area contributed by atoms with Crippen LogP contribution in [0.2, 0.25) is 0 Å². The molecule has 2 saturated heterocycles. The molecule has 0 bridgehead atoms. The minimum absolute atomic E-state index is 0.178. The Labute approximate surface area is 145 Å². The minimum atomic E-state index is -0.386. The number of pyridine rings is 1. The summed E-state index contributed by atoms with van der Waals surface area (Å²) in [5.41, 5.74) is 0.731. The number of hydrogen-bond acceptors (Lipinski definition) is 4. The number of nitrogens with one attached hydrogen (secondary N) is 2. The predicted molar refractivity (Wildman–Crippen MR) is 95.5 cm³/mol. The van der Waals surface area contributed by atoms with E-state index in [4.69, 9.17) is 0 Å². The standard InChI is InChI=1S/C19H30N4O/c1-15-13-23(14-16-7-3-5-10-20-16)12-8-17(15)22-18(24)19(2)9-4-6-11-21-19/h3,5,7,10,15,17,21H,4,6,8-9,11-14H2,1-2H3,(H,22,24)/t15-,17+,19-/m1/s1. The van der Waals surface area contributed by atoms with Gasteiger partial charge in [0, 0.05) is 31.9 Å². The molecule has 132 valence electrons. The molecule has 0 aliphatic carbocycles. The molecule has 0 aromatic carbocycles. The molecule has 2 fully saturated rings. The number of carbonyl (C=O) groups is 1. The summed E-state index contributed by atoms with van der Waals surface area (Å²) in [6.45, 7) is 8.14. The average molecular weight is 330 g/mol. The van der Waals surface area contributed by atoms with Crippen molar-refractivity contribution in [2.75, 3.05) is 19.6 Å². The second-order valence-electron chi connectivity index (χ2n) is 7.62. The monoisotopic (exact) mass is 330 g/mol. The van der Waals surface area contributed by atoms with Crippen LogP contribution in [-0.2, 0) is 11.3 Å². The zero-order chi connectivity index (χ0) is 17.0. The van der Waals surface area contributed by atoms with Crippen LogP contribution in [0.25, 0.3) is 0 Å². The molecule has 2 aliphatic heterocycles. The van der Waals surface area contributed by atoms with E-state index in [0.29, 0.717) is 5.92 Å². The summed E-state index contributed by atoms with van der Waals surface area (Å²) in [6.07, 6.45) is 6.10. The van der Waals surface area contributed by atoms with Crippen LogP contribution in [0.4, 0.5) is 0 Å². The molecule has 1 amide bonds. The molecule has 5 nitrogen and oxygen atoms in total. The highest BCUT2D eigenvalue weighted by atomic mass is 16.2. The number of hydrogen-bond donors (Lipinski definition) is 2. The first-order valence-electron chi connectivity index (χ1n) is 9.25. The van der Waals surface area contributed by atoms with Gasteiger partial charge < -0.3 is 10.6 Å². The highest BCUT2D eigenvalue weighted by molar-refractivity contribution is 5.86. The van der Waals surface area contributed by atoms with Gasteiger partial charge in [0.25, 0.3) is 0 Å². The molecule has 5 heteroatoms. The quantitative estimate of drug-likeness (QED) is 0.886. The number of nitrogens with zero attached hydrogens (tertiary/aromatic N) is 2. The van der Waals surface area contributed by atoms with Crippen molar-refractivity contribution in [3.05, 3.63) is 30.1 Å². The molecule has 0 unspecified atom stereocenters. The van der Waals surface area contributed by atoms with Gasteiger partial charge in [-0.05, 0) is 57.2 Å². The van der Waals surface area contributed by atoms with Crippen molar-refractivity contribution in [3.63, 3.8) is 0 Å². The van der Waals surface area contributed by atoms with Gasteiger partial charge in [-0.1, -0.05) is 13.0 Å². The lowest BCUT2D eigenvalue weighted by Gasteiger charge is -2.40. The van der Waals surface area contributed by atoms with Gasteiger partial charge in [0.15, 0.2) is 0 Å². The van der Waals surface area contributed by atoms with Crippen LogP contribution in [0.1, 0.15) is 45.2 Å². The Balaban J connectivity index is 1.51. The van der Waals surface area contributed by atoms with Gasteiger partial charge >= 0.3 is 0 Å². The van der Waals surface area contributed by atoms with E-state index in [1.807, 2.05) is 25.3 Å². The third kappa shape index (κ3) is 4.14. The van der Waals surface area contributed by atoms with E-state index in [0.717, 1.165) is 51.1 Å². The lowest BCUT2D eigenvalue weighted by Crippen LogP contribution is -2.60. The van der Waals surface area contributed by atoms with Gasteiger partial charge in [-0.25, -0.2) is 0 Å². The number of carbonyl (C=O) groups excluding carboxylic acids is 1. The van der Waals surface area contributed by atoms with Gasteiger partial charge in [0.1, 0.15) is 0 Å². The number of likely N-dealkylation sites (tertiary alicyclic amines) is 1. The summed E-state index contributed by atoms with van der Waals surface area (Å²) in [4.78, 5) is 19.6. The highest BCUT2D eigenvalue weighted by Crippen LogP contribution is 2.22. The lowest BCUT2D eigenvalue weighted by atomic mass is 9.88. The Bertz CT molecular complexity index is 542. The fourth-order valence-corrected chi connectivity index (χ4v) is 3.89. The highest BCUT2D eigenvalue weighted by Gasteiger charge is 2.37. The van der Waals surface area contributed by atoms with E-state index in [1.165, 1.54) is 6.42 Å². The SMILES string of the molecule is C[C@@H]1CN(Cc2ccccn2)CC[C@@H]1NC(=O)[C@@]1(C)CCCCN1. The third-order valence-electron chi connectivity index (χ3n) is 5.54. The number of piperidine rings is 2. The van der Waals surface area contributed by atoms with E-state index in [2.05, 4.69) is 33.5 Å². The average Bonchev–Trinajstić information content (AvgIpc) is 2.59. The lowest BCUT2D eigenvalue weighted by molar-refractivity contribution is -0.129. The molecule has 3 atom stereocenters. The topological polar surface area (TPSA) is 57.3 Å². The van der Waals surface area contributed by atoms with E-state index < -0.39 is 0 Å². The van der Waals surface area contributed by atoms with Gasteiger partial charge in [-0.15, -0.1) is 0 Å². The summed E-state index contributed by atoms with van der Waals surface area (Å²) in [7, 11) is 0. The first-order valence-corrected chi connectivity index (χ1v) is 9.25. The maximum Gasteiger partial charge on any atom is 0.240 e. The van der Waals surface area contributed by atoms with Gasteiger partial charge in [-0.2, -0.15) is 0 Å². The van der Waals surface area contributed by atoms with E-state index in [1.54, 1.807) is 0 Å². The minimum Gasteiger partial charge on any atom is -0.351 e. The van der Waals surface area contributed by atoms with Crippen molar-refractivity contribution in [1.82, 2.24) is 20.5 Å².